The number of hydrogen-bond donors (Lipinski definition) is 4. The van der Waals surface area contributed by atoms with Gasteiger partial charge < -0.3 is 21.7 Å². The number of amides is 3. The van der Waals surface area contributed by atoms with Crippen molar-refractivity contribution in [3.8, 4) is 0 Å². The van der Waals surface area contributed by atoms with Gasteiger partial charge in [0.05, 0.1) is 0 Å². The monoisotopic (exact) mass is 285 g/mol. The van der Waals surface area contributed by atoms with Crippen LogP contribution in [0.15, 0.2) is 0 Å². The minimum Gasteiger partial charge on any atom is -0.353 e. The van der Waals surface area contributed by atoms with E-state index in [1.807, 2.05) is 6.92 Å². The lowest BCUT2D eigenvalue weighted by atomic mass is 10.1. The predicted octanol–water partition coefficient (Wildman–Crippen LogP) is -0.765. The zero-order valence-electron chi connectivity index (χ0n) is 12.3. The molecular weight excluding hydrogens is 258 g/mol. The maximum atomic E-state index is 12.0. The van der Waals surface area contributed by atoms with E-state index in [1.165, 1.54) is 0 Å². The lowest BCUT2D eigenvalue weighted by molar-refractivity contribution is -0.123. The van der Waals surface area contributed by atoms with Crippen LogP contribution in [0.2, 0.25) is 0 Å². The van der Waals surface area contributed by atoms with Crippen LogP contribution >= 0.6 is 0 Å². The predicted molar refractivity (Wildman–Crippen MR) is 78.4 cm³/mol. The molecule has 0 radical (unpaired) electrons. The number of urea groups is 1. The Balaban J connectivity index is 2.26. The van der Waals surface area contributed by atoms with Gasteiger partial charge >= 0.3 is 6.03 Å². The van der Waals surface area contributed by atoms with E-state index in [0.717, 1.165) is 45.6 Å². The van der Waals surface area contributed by atoms with Gasteiger partial charge in [-0.1, -0.05) is 19.8 Å². The van der Waals surface area contributed by atoms with Gasteiger partial charge in [0.25, 0.3) is 0 Å². The minimum atomic E-state index is -0.650. The van der Waals surface area contributed by atoms with Gasteiger partial charge in [-0.15, -0.1) is 0 Å². The van der Waals surface area contributed by atoms with Crippen LogP contribution in [0.25, 0.3) is 0 Å². The van der Waals surface area contributed by atoms with Gasteiger partial charge in [0.2, 0.25) is 5.91 Å². The summed E-state index contributed by atoms with van der Waals surface area (Å²) in [6, 6.07) is -1.17. The average Bonchev–Trinajstić information content (AvgIpc) is 2.44. The first-order valence-corrected chi connectivity index (χ1v) is 7.40. The van der Waals surface area contributed by atoms with Gasteiger partial charge in [0.15, 0.2) is 0 Å². The molecule has 20 heavy (non-hydrogen) atoms. The number of unbranched alkanes of at least 4 members (excludes halogenated alkanes) is 1. The van der Waals surface area contributed by atoms with E-state index in [-0.39, 0.29) is 5.91 Å². The van der Waals surface area contributed by atoms with Gasteiger partial charge in [-0.05, 0) is 6.42 Å². The zero-order chi connectivity index (χ0) is 14.8. The maximum Gasteiger partial charge on any atom is 0.312 e. The Morgan fingerprint density at radius 3 is 2.65 bits per heavy atom. The van der Waals surface area contributed by atoms with E-state index < -0.39 is 12.1 Å². The van der Waals surface area contributed by atoms with E-state index in [9.17, 15) is 9.59 Å². The molecule has 1 rings (SSSR count). The normalized spacial score (nSPS) is 17.4. The Morgan fingerprint density at radius 2 is 2.05 bits per heavy atom. The van der Waals surface area contributed by atoms with E-state index in [4.69, 9.17) is 5.73 Å². The van der Waals surface area contributed by atoms with Crippen molar-refractivity contribution >= 4 is 11.9 Å². The van der Waals surface area contributed by atoms with Gasteiger partial charge in [-0.3, -0.25) is 9.69 Å². The highest BCUT2D eigenvalue weighted by Gasteiger charge is 2.19. The Hall–Kier alpha value is -1.34. The molecule has 116 valence electrons. The molecule has 0 bridgehead atoms. The summed E-state index contributed by atoms with van der Waals surface area (Å²) >= 11 is 0. The first kappa shape index (κ1) is 16.7. The molecule has 5 N–H and O–H groups in total. The van der Waals surface area contributed by atoms with Crippen molar-refractivity contribution in [2.75, 3.05) is 39.3 Å². The second-order valence-electron chi connectivity index (χ2n) is 5.09. The molecule has 1 aliphatic heterocycles. The number of nitrogens with one attached hydrogen (secondary N) is 3. The van der Waals surface area contributed by atoms with Gasteiger partial charge in [0.1, 0.15) is 6.04 Å². The van der Waals surface area contributed by atoms with E-state index in [1.54, 1.807) is 0 Å². The van der Waals surface area contributed by atoms with Crippen molar-refractivity contribution in [3.63, 3.8) is 0 Å². The van der Waals surface area contributed by atoms with Crippen LogP contribution in [-0.2, 0) is 4.79 Å². The highest BCUT2D eigenvalue weighted by atomic mass is 16.2. The van der Waals surface area contributed by atoms with Crippen LogP contribution in [0.4, 0.5) is 4.79 Å². The van der Waals surface area contributed by atoms with Crippen molar-refractivity contribution in [1.29, 1.82) is 0 Å². The molecule has 0 aromatic carbocycles. The Morgan fingerprint density at radius 1 is 1.35 bits per heavy atom. The first-order chi connectivity index (χ1) is 9.63. The number of carbonyl (C=O) groups excluding carboxylic acids is 2. The summed E-state index contributed by atoms with van der Waals surface area (Å²) in [6.07, 6.45) is 2.49. The smallest absolute Gasteiger partial charge is 0.312 e. The molecule has 0 saturated carbocycles. The summed E-state index contributed by atoms with van der Waals surface area (Å²) < 4.78 is 0. The molecule has 0 aliphatic carbocycles. The molecule has 1 fully saturated rings. The van der Waals surface area contributed by atoms with Crippen LogP contribution in [-0.4, -0.2) is 62.1 Å². The minimum absolute atomic E-state index is 0.146. The average molecular weight is 285 g/mol. The van der Waals surface area contributed by atoms with Crippen LogP contribution < -0.4 is 21.7 Å². The van der Waals surface area contributed by atoms with Crippen molar-refractivity contribution < 1.29 is 9.59 Å². The first-order valence-electron chi connectivity index (χ1n) is 7.40. The third-order valence-electron chi connectivity index (χ3n) is 3.42. The lowest BCUT2D eigenvalue weighted by Gasteiger charge is -2.27. The summed E-state index contributed by atoms with van der Waals surface area (Å²) in [6.45, 7) is 7.49. The van der Waals surface area contributed by atoms with Crippen LogP contribution in [0, 0.1) is 0 Å². The topological polar surface area (TPSA) is 99.5 Å². The maximum absolute atomic E-state index is 12.0. The van der Waals surface area contributed by atoms with E-state index >= 15 is 0 Å². The van der Waals surface area contributed by atoms with Crippen molar-refractivity contribution in [3.05, 3.63) is 0 Å². The molecule has 7 nitrogen and oxygen atoms in total. The molecule has 3 amide bonds. The molecule has 1 atom stereocenters. The van der Waals surface area contributed by atoms with Crippen LogP contribution in [0.1, 0.15) is 26.2 Å². The van der Waals surface area contributed by atoms with E-state index in [2.05, 4.69) is 20.9 Å². The quantitative estimate of drug-likeness (QED) is 0.471. The Kier molecular flexibility index (Phi) is 7.98. The molecule has 0 spiro atoms. The Bertz CT molecular complexity index is 305. The summed E-state index contributed by atoms with van der Waals surface area (Å²) in [7, 11) is 0. The highest BCUT2D eigenvalue weighted by molar-refractivity contribution is 5.86. The van der Waals surface area contributed by atoms with Gasteiger partial charge in [-0.2, -0.15) is 0 Å². The summed E-state index contributed by atoms with van der Waals surface area (Å²) in [5.41, 5.74) is 5.10. The summed E-state index contributed by atoms with van der Waals surface area (Å²) in [4.78, 5) is 25.2. The van der Waals surface area contributed by atoms with Crippen LogP contribution in [0.3, 0.4) is 0 Å². The largest absolute Gasteiger partial charge is 0.353 e. The molecule has 0 aromatic heterocycles. The highest BCUT2D eigenvalue weighted by Crippen LogP contribution is 2.01. The zero-order valence-corrected chi connectivity index (χ0v) is 12.3. The SMILES string of the molecule is CCCCC(NC(N)=O)C(=O)NCCN1CCNCC1. The van der Waals surface area contributed by atoms with Crippen LogP contribution in [0.5, 0.6) is 0 Å². The lowest BCUT2D eigenvalue weighted by Crippen LogP contribution is -2.51. The molecule has 0 aromatic rings. The standard InChI is InChI=1S/C13H27N5O2/c1-2-3-4-11(17-13(14)20)12(19)16-7-10-18-8-5-15-6-9-18/h11,15H,2-10H2,1H3,(H,16,19)(H3,14,17,20). The third-order valence-corrected chi connectivity index (χ3v) is 3.42. The number of rotatable bonds is 8. The molecular formula is C13H27N5O2. The van der Waals surface area contributed by atoms with Gasteiger partial charge in [0, 0.05) is 39.3 Å². The summed E-state index contributed by atoms with van der Waals surface area (Å²) in [5.74, 6) is -0.146. The summed E-state index contributed by atoms with van der Waals surface area (Å²) in [5, 5.41) is 8.67. The fraction of sp³-hybridized carbons (Fsp3) is 0.846. The number of nitrogens with zero attached hydrogens (tertiary/aromatic N) is 1. The molecule has 1 aliphatic rings. The van der Waals surface area contributed by atoms with Crippen molar-refractivity contribution in [2.45, 2.75) is 32.2 Å². The van der Waals surface area contributed by atoms with Crippen molar-refractivity contribution in [2.24, 2.45) is 5.73 Å². The Labute approximate surface area is 120 Å². The van der Waals surface area contributed by atoms with E-state index in [0.29, 0.717) is 13.0 Å². The second kappa shape index (κ2) is 9.55. The number of hydrogen-bond acceptors (Lipinski definition) is 4. The number of nitrogens with two attached hydrogens (primary N) is 1. The molecule has 1 heterocycles. The number of carbonyl (C=O) groups is 2. The number of primary amides is 1. The third kappa shape index (κ3) is 6.72. The number of piperazine rings is 1. The molecule has 1 saturated heterocycles. The second-order valence-corrected chi connectivity index (χ2v) is 5.09. The van der Waals surface area contributed by atoms with Crippen molar-refractivity contribution in [1.82, 2.24) is 20.9 Å². The molecule has 1 unspecified atom stereocenters. The fourth-order valence-corrected chi connectivity index (χ4v) is 2.24. The van der Waals surface area contributed by atoms with Gasteiger partial charge in [-0.25, -0.2) is 4.79 Å². The molecule has 7 heteroatoms. The fourth-order valence-electron chi connectivity index (χ4n) is 2.24.